The van der Waals surface area contributed by atoms with E-state index in [9.17, 15) is 4.79 Å². The number of nitrogens with zero attached hydrogens (tertiary/aromatic N) is 2. The van der Waals surface area contributed by atoms with E-state index in [2.05, 4.69) is 28.0 Å². The van der Waals surface area contributed by atoms with Crippen LogP contribution in [0.2, 0.25) is 0 Å². The molecule has 0 radical (unpaired) electrons. The average molecular weight is 335 g/mol. The Morgan fingerprint density at radius 2 is 2.10 bits per heavy atom. The molecule has 0 bridgehead atoms. The van der Waals surface area contributed by atoms with E-state index in [0.29, 0.717) is 6.42 Å². The smallest absolute Gasteiger partial charge is 0.169 e. The topological polar surface area (TPSA) is 34.9 Å². The number of hydrogen-bond acceptors (Lipinski definition) is 2. The number of carbonyl (C=O) groups excluding carboxylic acids is 1. The van der Waals surface area contributed by atoms with Crippen LogP contribution in [-0.4, -0.2) is 15.6 Å². The molecule has 0 unspecified atom stereocenters. The van der Waals surface area contributed by atoms with Crippen LogP contribution in [-0.2, 0) is 19.4 Å². The number of rotatable bonds is 5. The zero-order valence-corrected chi connectivity index (χ0v) is 13.7. The first-order chi connectivity index (χ1) is 9.56. The van der Waals surface area contributed by atoms with Gasteiger partial charge >= 0.3 is 0 Å². The van der Waals surface area contributed by atoms with Crippen LogP contribution in [0.15, 0.2) is 28.7 Å². The van der Waals surface area contributed by atoms with Gasteiger partial charge in [0, 0.05) is 22.3 Å². The van der Waals surface area contributed by atoms with E-state index >= 15 is 0 Å². The third-order valence-corrected chi connectivity index (χ3v) is 4.46. The molecule has 0 fully saturated rings. The van der Waals surface area contributed by atoms with Crippen molar-refractivity contribution in [2.45, 2.75) is 40.2 Å². The zero-order valence-electron chi connectivity index (χ0n) is 12.1. The van der Waals surface area contributed by atoms with Crippen molar-refractivity contribution in [3.05, 3.63) is 51.3 Å². The van der Waals surface area contributed by atoms with Crippen molar-refractivity contribution in [3.63, 3.8) is 0 Å². The molecule has 0 amide bonds. The molecule has 0 aliphatic heterocycles. The Morgan fingerprint density at radius 3 is 2.75 bits per heavy atom. The van der Waals surface area contributed by atoms with Crippen molar-refractivity contribution < 1.29 is 4.79 Å². The molecule has 0 saturated heterocycles. The monoisotopic (exact) mass is 334 g/mol. The fraction of sp³-hybridized carbons (Fsp3) is 0.375. The van der Waals surface area contributed by atoms with Gasteiger partial charge in [-0.05, 0) is 47.8 Å². The van der Waals surface area contributed by atoms with Gasteiger partial charge in [-0.3, -0.25) is 9.48 Å². The van der Waals surface area contributed by atoms with Crippen LogP contribution in [0.1, 0.15) is 41.2 Å². The molecule has 4 heteroatoms. The van der Waals surface area contributed by atoms with Crippen molar-refractivity contribution in [1.82, 2.24) is 9.78 Å². The minimum atomic E-state index is 0.123. The molecule has 2 rings (SSSR count). The Kier molecular flexibility index (Phi) is 4.76. The van der Waals surface area contributed by atoms with E-state index in [0.717, 1.165) is 40.0 Å². The summed E-state index contributed by atoms with van der Waals surface area (Å²) >= 11 is 3.51. The van der Waals surface area contributed by atoms with Gasteiger partial charge in [0.1, 0.15) is 0 Å². The lowest BCUT2D eigenvalue weighted by molar-refractivity contribution is 0.0989. The van der Waals surface area contributed by atoms with Gasteiger partial charge in [0.05, 0.1) is 12.1 Å². The minimum Gasteiger partial charge on any atom is -0.294 e. The van der Waals surface area contributed by atoms with Crippen LogP contribution in [0.25, 0.3) is 0 Å². The van der Waals surface area contributed by atoms with E-state index in [1.165, 1.54) is 0 Å². The molecular formula is C16H19BrN2O. The van der Waals surface area contributed by atoms with Crippen molar-refractivity contribution in [1.29, 1.82) is 0 Å². The van der Waals surface area contributed by atoms with E-state index in [1.807, 2.05) is 42.8 Å². The molecule has 0 spiro atoms. The minimum absolute atomic E-state index is 0.123. The maximum atomic E-state index is 12.5. The molecular weight excluding hydrogens is 316 g/mol. The zero-order chi connectivity index (χ0) is 14.7. The molecule has 0 aliphatic rings. The van der Waals surface area contributed by atoms with Crippen LogP contribution in [0, 0.1) is 6.92 Å². The fourth-order valence-electron chi connectivity index (χ4n) is 2.23. The molecule has 1 aromatic carbocycles. The highest BCUT2D eigenvalue weighted by molar-refractivity contribution is 9.10. The van der Waals surface area contributed by atoms with Crippen molar-refractivity contribution >= 4 is 21.7 Å². The average Bonchev–Trinajstić information content (AvgIpc) is 2.84. The largest absolute Gasteiger partial charge is 0.294 e. The highest BCUT2D eigenvalue weighted by Crippen LogP contribution is 2.22. The Bertz CT molecular complexity index is 631. The SMILES string of the molecule is CCc1cc(CC(=O)c2cccc(C)c2Br)n(CC)n1. The maximum absolute atomic E-state index is 12.5. The lowest BCUT2D eigenvalue weighted by Crippen LogP contribution is -2.10. The third-order valence-electron chi connectivity index (χ3n) is 3.41. The molecule has 0 aliphatic carbocycles. The van der Waals surface area contributed by atoms with E-state index in [1.54, 1.807) is 0 Å². The number of halogens is 1. The first kappa shape index (κ1) is 15.0. The molecule has 0 atom stereocenters. The second-order valence-electron chi connectivity index (χ2n) is 4.83. The summed E-state index contributed by atoms with van der Waals surface area (Å²) < 4.78 is 2.81. The lowest BCUT2D eigenvalue weighted by atomic mass is 10.0. The van der Waals surface area contributed by atoms with E-state index in [-0.39, 0.29) is 5.78 Å². The van der Waals surface area contributed by atoms with Gasteiger partial charge in [0.15, 0.2) is 5.78 Å². The van der Waals surface area contributed by atoms with Crippen LogP contribution < -0.4 is 0 Å². The summed E-state index contributed by atoms with van der Waals surface area (Å²) in [5, 5.41) is 4.49. The quantitative estimate of drug-likeness (QED) is 0.775. The summed E-state index contributed by atoms with van der Waals surface area (Å²) in [5.41, 5.74) is 3.85. The Balaban J connectivity index is 2.27. The summed E-state index contributed by atoms with van der Waals surface area (Å²) in [7, 11) is 0. The molecule has 106 valence electrons. The number of aryl methyl sites for hydroxylation is 3. The van der Waals surface area contributed by atoms with Crippen LogP contribution in [0.4, 0.5) is 0 Å². The molecule has 20 heavy (non-hydrogen) atoms. The number of Topliss-reactive ketones (excluding diaryl/α,β-unsaturated/α-hetero) is 1. The van der Waals surface area contributed by atoms with Crippen molar-refractivity contribution in [3.8, 4) is 0 Å². The van der Waals surface area contributed by atoms with Gasteiger partial charge in [-0.25, -0.2) is 0 Å². The Morgan fingerprint density at radius 1 is 1.35 bits per heavy atom. The highest BCUT2D eigenvalue weighted by Gasteiger charge is 2.15. The standard InChI is InChI=1S/C16H19BrN2O/c1-4-12-9-13(19(5-2)18-12)10-15(20)14-8-6-7-11(3)16(14)17/h6-9H,4-5,10H2,1-3H3. The number of aromatic nitrogens is 2. The Labute approximate surface area is 128 Å². The highest BCUT2D eigenvalue weighted by atomic mass is 79.9. The van der Waals surface area contributed by atoms with Gasteiger partial charge in [-0.2, -0.15) is 5.10 Å². The molecule has 3 nitrogen and oxygen atoms in total. The van der Waals surface area contributed by atoms with Gasteiger partial charge in [-0.1, -0.05) is 25.1 Å². The van der Waals surface area contributed by atoms with Crippen LogP contribution in [0.5, 0.6) is 0 Å². The predicted molar refractivity (Wildman–Crippen MR) is 84.2 cm³/mol. The summed E-state index contributed by atoms with van der Waals surface area (Å²) in [6.45, 7) is 6.90. The van der Waals surface area contributed by atoms with E-state index < -0.39 is 0 Å². The lowest BCUT2D eigenvalue weighted by Gasteiger charge is -2.07. The Hall–Kier alpha value is -1.42. The van der Waals surface area contributed by atoms with Gasteiger partial charge < -0.3 is 0 Å². The number of carbonyl (C=O) groups is 1. The summed E-state index contributed by atoms with van der Waals surface area (Å²) in [4.78, 5) is 12.5. The summed E-state index contributed by atoms with van der Waals surface area (Å²) in [6.07, 6.45) is 1.28. The molecule has 0 N–H and O–H groups in total. The molecule has 0 saturated carbocycles. The molecule has 1 aromatic heterocycles. The summed E-state index contributed by atoms with van der Waals surface area (Å²) in [5.74, 6) is 0.123. The number of benzene rings is 1. The first-order valence-corrected chi connectivity index (χ1v) is 7.70. The number of hydrogen-bond donors (Lipinski definition) is 0. The third kappa shape index (κ3) is 3.01. The van der Waals surface area contributed by atoms with Gasteiger partial charge in [0.25, 0.3) is 0 Å². The van der Waals surface area contributed by atoms with E-state index in [4.69, 9.17) is 0 Å². The van der Waals surface area contributed by atoms with Gasteiger partial charge in [-0.15, -0.1) is 0 Å². The normalized spacial score (nSPS) is 10.8. The predicted octanol–water partition coefficient (Wildman–Crippen LogP) is 3.96. The second kappa shape index (κ2) is 6.35. The second-order valence-corrected chi connectivity index (χ2v) is 5.63. The molecule has 2 aromatic rings. The fourth-order valence-corrected chi connectivity index (χ4v) is 2.71. The van der Waals surface area contributed by atoms with Crippen molar-refractivity contribution in [2.75, 3.05) is 0 Å². The maximum Gasteiger partial charge on any atom is 0.169 e. The molecule has 1 heterocycles. The number of ketones is 1. The van der Waals surface area contributed by atoms with Crippen molar-refractivity contribution in [2.24, 2.45) is 0 Å². The van der Waals surface area contributed by atoms with Crippen LogP contribution in [0.3, 0.4) is 0 Å². The van der Waals surface area contributed by atoms with Gasteiger partial charge in [0.2, 0.25) is 0 Å². The summed E-state index contributed by atoms with van der Waals surface area (Å²) in [6, 6.07) is 7.81. The first-order valence-electron chi connectivity index (χ1n) is 6.90. The van der Waals surface area contributed by atoms with Crippen LogP contribution >= 0.6 is 15.9 Å².